The van der Waals surface area contributed by atoms with Gasteiger partial charge in [-0.25, -0.2) is 0 Å². The lowest BCUT2D eigenvalue weighted by atomic mass is 10.1. The molecule has 0 saturated carbocycles. The first-order chi connectivity index (χ1) is 13.2. The molecule has 27 heavy (non-hydrogen) atoms. The van der Waals surface area contributed by atoms with Gasteiger partial charge in [-0.15, -0.1) is 0 Å². The van der Waals surface area contributed by atoms with Gasteiger partial charge in [0.1, 0.15) is 11.5 Å². The van der Waals surface area contributed by atoms with Gasteiger partial charge in [-0.05, 0) is 69.5 Å². The summed E-state index contributed by atoms with van der Waals surface area (Å²) in [5.74, 6) is 1.09. The standard InChI is InChI=1S/C22H28N2O3/c1-3-26-20-14-17(15-21(16-20)27-4-2)22(25)23-18-8-10-19(11-9-18)24-12-6-5-7-13-24/h8-11,14-16H,3-7,12-13H2,1-2H3,(H,23,25). The molecule has 2 aromatic carbocycles. The molecule has 0 atom stereocenters. The Bertz CT molecular complexity index is 728. The van der Waals surface area contributed by atoms with Crippen LogP contribution in [0.15, 0.2) is 42.5 Å². The predicted octanol–water partition coefficient (Wildman–Crippen LogP) is 4.73. The molecule has 1 aliphatic rings. The van der Waals surface area contributed by atoms with Crippen molar-refractivity contribution in [3.8, 4) is 11.5 Å². The van der Waals surface area contributed by atoms with Gasteiger partial charge in [0.15, 0.2) is 0 Å². The molecular weight excluding hydrogens is 340 g/mol. The first-order valence-corrected chi connectivity index (χ1v) is 9.76. The van der Waals surface area contributed by atoms with E-state index in [0.717, 1.165) is 18.8 Å². The maximum absolute atomic E-state index is 12.7. The highest BCUT2D eigenvalue weighted by Crippen LogP contribution is 2.25. The minimum Gasteiger partial charge on any atom is -0.494 e. The summed E-state index contributed by atoms with van der Waals surface area (Å²) in [6, 6.07) is 13.3. The van der Waals surface area contributed by atoms with Crippen molar-refractivity contribution in [2.45, 2.75) is 33.1 Å². The van der Waals surface area contributed by atoms with E-state index in [1.165, 1.54) is 24.9 Å². The molecule has 0 spiro atoms. The summed E-state index contributed by atoms with van der Waals surface area (Å²) in [7, 11) is 0. The zero-order valence-electron chi connectivity index (χ0n) is 16.2. The van der Waals surface area contributed by atoms with Crippen LogP contribution in [0.3, 0.4) is 0 Å². The second-order valence-corrected chi connectivity index (χ2v) is 6.61. The molecule has 1 fully saturated rings. The number of amides is 1. The van der Waals surface area contributed by atoms with Crippen molar-refractivity contribution in [1.82, 2.24) is 0 Å². The lowest BCUT2D eigenvalue weighted by molar-refractivity contribution is 0.102. The number of hydrogen-bond donors (Lipinski definition) is 1. The van der Waals surface area contributed by atoms with E-state index in [4.69, 9.17) is 9.47 Å². The largest absolute Gasteiger partial charge is 0.494 e. The second-order valence-electron chi connectivity index (χ2n) is 6.61. The third-order valence-corrected chi connectivity index (χ3v) is 4.61. The molecule has 1 N–H and O–H groups in total. The zero-order valence-corrected chi connectivity index (χ0v) is 16.2. The molecule has 0 radical (unpaired) electrons. The molecule has 1 amide bonds. The fraction of sp³-hybridized carbons (Fsp3) is 0.409. The van der Waals surface area contributed by atoms with Crippen LogP contribution in [-0.2, 0) is 0 Å². The van der Waals surface area contributed by atoms with Gasteiger partial charge in [-0.1, -0.05) is 0 Å². The third-order valence-electron chi connectivity index (χ3n) is 4.61. The number of rotatable bonds is 7. The van der Waals surface area contributed by atoms with E-state index in [1.54, 1.807) is 18.2 Å². The van der Waals surface area contributed by atoms with Crippen LogP contribution in [-0.4, -0.2) is 32.2 Å². The zero-order chi connectivity index (χ0) is 19.1. The number of hydrogen-bond acceptors (Lipinski definition) is 4. The molecule has 0 bridgehead atoms. The second kappa shape index (κ2) is 9.31. The summed E-state index contributed by atoms with van der Waals surface area (Å²) in [5, 5.41) is 2.96. The highest BCUT2D eigenvalue weighted by Gasteiger charge is 2.13. The van der Waals surface area contributed by atoms with Crippen LogP contribution in [0, 0.1) is 0 Å². The molecule has 0 aliphatic carbocycles. The Morgan fingerprint density at radius 3 is 2.07 bits per heavy atom. The van der Waals surface area contributed by atoms with Crippen LogP contribution in [0.1, 0.15) is 43.5 Å². The van der Waals surface area contributed by atoms with Gasteiger partial charge >= 0.3 is 0 Å². The van der Waals surface area contributed by atoms with Gasteiger partial charge in [0.05, 0.1) is 13.2 Å². The fourth-order valence-electron chi connectivity index (χ4n) is 3.31. The molecule has 3 rings (SSSR count). The van der Waals surface area contributed by atoms with Crippen molar-refractivity contribution in [2.75, 3.05) is 36.5 Å². The third kappa shape index (κ3) is 5.16. The van der Waals surface area contributed by atoms with E-state index in [0.29, 0.717) is 30.3 Å². The van der Waals surface area contributed by atoms with Gasteiger partial charge in [-0.2, -0.15) is 0 Å². The maximum atomic E-state index is 12.7. The van der Waals surface area contributed by atoms with E-state index in [9.17, 15) is 4.79 Å². The Morgan fingerprint density at radius 2 is 1.52 bits per heavy atom. The number of carbonyl (C=O) groups excluding carboxylic acids is 1. The predicted molar refractivity (Wildman–Crippen MR) is 109 cm³/mol. The SMILES string of the molecule is CCOc1cc(OCC)cc(C(=O)Nc2ccc(N3CCCCC3)cc2)c1. The number of ether oxygens (including phenoxy) is 2. The number of nitrogens with zero attached hydrogens (tertiary/aromatic N) is 1. The van der Waals surface area contributed by atoms with Crippen molar-refractivity contribution in [2.24, 2.45) is 0 Å². The molecule has 0 unspecified atom stereocenters. The highest BCUT2D eigenvalue weighted by atomic mass is 16.5. The molecular formula is C22H28N2O3. The topological polar surface area (TPSA) is 50.8 Å². The average molecular weight is 368 g/mol. The fourth-order valence-corrected chi connectivity index (χ4v) is 3.31. The summed E-state index contributed by atoms with van der Waals surface area (Å²) in [5.41, 5.74) is 2.51. The van der Waals surface area contributed by atoms with E-state index in [-0.39, 0.29) is 5.91 Å². The Morgan fingerprint density at radius 1 is 0.926 bits per heavy atom. The van der Waals surface area contributed by atoms with Crippen molar-refractivity contribution >= 4 is 17.3 Å². The Labute approximate surface area is 161 Å². The molecule has 5 heteroatoms. The summed E-state index contributed by atoms with van der Waals surface area (Å²) in [4.78, 5) is 15.1. The normalized spacial score (nSPS) is 13.9. The monoisotopic (exact) mass is 368 g/mol. The Kier molecular flexibility index (Phi) is 6.58. The van der Waals surface area contributed by atoms with E-state index >= 15 is 0 Å². The lowest BCUT2D eigenvalue weighted by Gasteiger charge is -2.28. The minimum absolute atomic E-state index is 0.178. The quantitative estimate of drug-likeness (QED) is 0.768. The number of benzene rings is 2. The minimum atomic E-state index is -0.178. The molecule has 144 valence electrons. The number of anilines is 2. The van der Waals surface area contributed by atoms with Crippen molar-refractivity contribution in [1.29, 1.82) is 0 Å². The van der Waals surface area contributed by atoms with Crippen LogP contribution in [0.4, 0.5) is 11.4 Å². The summed E-state index contributed by atoms with van der Waals surface area (Å²) in [6.45, 7) is 7.11. The lowest BCUT2D eigenvalue weighted by Crippen LogP contribution is -2.29. The van der Waals surface area contributed by atoms with E-state index in [2.05, 4.69) is 22.3 Å². The van der Waals surface area contributed by atoms with Crippen LogP contribution in [0.5, 0.6) is 11.5 Å². The molecule has 0 aromatic heterocycles. The van der Waals surface area contributed by atoms with Crippen LogP contribution in [0.25, 0.3) is 0 Å². The molecule has 2 aromatic rings. The van der Waals surface area contributed by atoms with Gasteiger partial charge in [0.2, 0.25) is 0 Å². The van der Waals surface area contributed by atoms with Crippen molar-refractivity contribution < 1.29 is 14.3 Å². The van der Waals surface area contributed by atoms with Crippen LogP contribution < -0.4 is 19.7 Å². The van der Waals surface area contributed by atoms with Crippen LogP contribution in [0.2, 0.25) is 0 Å². The summed E-state index contributed by atoms with van der Waals surface area (Å²) < 4.78 is 11.1. The van der Waals surface area contributed by atoms with Crippen LogP contribution >= 0.6 is 0 Å². The van der Waals surface area contributed by atoms with Gasteiger partial charge in [-0.3, -0.25) is 4.79 Å². The molecule has 1 aliphatic heterocycles. The first kappa shape index (κ1) is 19.1. The summed E-state index contributed by atoms with van der Waals surface area (Å²) >= 11 is 0. The molecule has 1 saturated heterocycles. The average Bonchev–Trinajstić information content (AvgIpc) is 2.69. The number of piperidine rings is 1. The van der Waals surface area contributed by atoms with Gasteiger partial charge in [0, 0.05) is 36.1 Å². The highest BCUT2D eigenvalue weighted by molar-refractivity contribution is 6.04. The Balaban J connectivity index is 1.70. The van der Waals surface area contributed by atoms with E-state index in [1.807, 2.05) is 26.0 Å². The smallest absolute Gasteiger partial charge is 0.255 e. The summed E-state index contributed by atoms with van der Waals surface area (Å²) in [6.07, 6.45) is 3.81. The van der Waals surface area contributed by atoms with Gasteiger partial charge < -0.3 is 19.7 Å². The van der Waals surface area contributed by atoms with Crippen molar-refractivity contribution in [3.05, 3.63) is 48.0 Å². The number of nitrogens with one attached hydrogen (secondary N) is 1. The first-order valence-electron chi connectivity index (χ1n) is 9.76. The van der Waals surface area contributed by atoms with E-state index < -0.39 is 0 Å². The Hall–Kier alpha value is -2.69. The maximum Gasteiger partial charge on any atom is 0.255 e. The molecule has 1 heterocycles. The van der Waals surface area contributed by atoms with Gasteiger partial charge in [0.25, 0.3) is 5.91 Å². The van der Waals surface area contributed by atoms with Crippen molar-refractivity contribution in [3.63, 3.8) is 0 Å². The number of carbonyl (C=O) groups is 1. The molecule has 5 nitrogen and oxygen atoms in total.